The van der Waals surface area contributed by atoms with Gasteiger partial charge >= 0.3 is 0 Å². The Hall–Kier alpha value is -0.120. The Labute approximate surface area is 109 Å². The smallest absolute Gasteiger partial charge is 0.127 e. The third-order valence-corrected chi connectivity index (χ3v) is 3.83. The Morgan fingerprint density at radius 1 is 1.50 bits per heavy atom. The van der Waals surface area contributed by atoms with Crippen molar-refractivity contribution in [1.29, 1.82) is 0 Å². The molecule has 1 nitrogen and oxygen atoms in total. The highest BCUT2D eigenvalue weighted by Gasteiger charge is 2.18. The maximum atomic E-state index is 13.5. The van der Waals surface area contributed by atoms with Gasteiger partial charge in [0.15, 0.2) is 0 Å². The molecule has 0 aromatic heterocycles. The predicted molar refractivity (Wildman–Crippen MR) is 68.6 cm³/mol. The number of halogens is 3. The number of hydrogen-bond donors (Lipinski definition) is 0. The van der Waals surface area contributed by atoms with E-state index in [1.54, 1.807) is 12.1 Å². The SMILES string of the molecule is Fc1ccc(Cl)cc1CN1CCCC(Br)C1. The molecule has 0 N–H and O–H groups in total. The lowest BCUT2D eigenvalue weighted by Crippen LogP contribution is -2.35. The highest BCUT2D eigenvalue weighted by atomic mass is 79.9. The Bertz CT molecular complexity index is 372. The summed E-state index contributed by atoms with van der Waals surface area (Å²) in [6.45, 7) is 2.66. The number of piperidine rings is 1. The van der Waals surface area contributed by atoms with Crippen molar-refractivity contribution in [2.24, 2.45) is 0 Å². The first-order valence-corrected chi connectivity index (χ1v) is 6.75. The molecule has 88 valence electrons. The number of alkyl halides is 1. The summed E-state index contributed by atoms with van der Waals surface area (Å²) in [7, 11) is 0. The van der Waals surface area contributed by atoms with Gasteiger partial charge in [-0.1, -0.05) is 27.5 Å². The van der Waals surface area contributed by atoms with E-state index in [1.807, 2.05) is 0 Å². The molecule has 16 heavy (non-hydrogen) atoms. The molecule has 1 aromatic carbocycles. The van der Waals surface area contributed by atoms with Crippen LogP contribution >= 0.6 is 27.5 Å². The number of benzene rings is 1. The Morgan fingerprint density at radius 3 is 3.06 bits per heavy atom. The van der Waals surface area contributed by atoms with Gasteiger partial charge in [-0.25, -0.2) is 4.39 Å². The molecular weight excluding hydrogens is 292 g/mol. The second kappa shape index (κ2) is 5.48. The summed E-state index contributed by atoms with van der Waals surface area (Å²) in [5.41, 5.74) is 0.689. The van der Waals surface area contributed by atoms with Crippen molar-refractivity contribution in [2.75, 3.05) is 13.1 Å². The third-order valence-electron chi connectivity index (χ3n) is 2.85. The van der Waals surface area contributed by atoms with Crippen LogP contribution in [0, 0.1) is 5.82 Å². The molecule has 0 spiro atoms. The van der Waals surface area contributed by atoms with E-state index in [4.69, 9.17) is 11.6 Å². The monoisotopic (exact) mass is 305 g/mol. The van der Waals surface area contributed by atoms with Crippen LogP contribution < -0.4 is 0 Å². The first-order chi connectivity index (χ1) is 7.65. The van der Waals surface area contributed by atoms with E-state index < -0.39 is 0 Å². The molecule has 4 heteroatoms. The fraction of sp³-hybridized carbons (Fsp3) is 0.500. The van der Waals surface area contributed by atoms with Crippen LogP contribution in [0.5, 0.6) is 0 Å². The minimum absolute atomic E-state index is 0.166. The van der Waals surface area contributed by atoms with Crippen molar-refractivity contribution in [1.82, 2.24) is 4.90 Å². The molecule has 1 heterocycles. The van der Waals surface area contributed by atoms with Crippen molar-refractivity contribution < 1.29 is 4.39 Å². The summed E-state index contributed by atoms with van der Waals surface area (Å²) < 4.78 is 13.5. The van der Waals surface area contributed by atoms with Crippen LogP contribution in [-0.4, -0.2) is 22.8 Å². The van der Waals surface area contributed by atoms with Crippen LogP contribution in [0.4, 0.5) is 4.39 Å². The number of nitrogens with zero attached hydrogens (tertiary/aromatic N) is 1. The fourth-order valence-corrected chi connectivity index (χ4v) is 2.98. The molecule has 1 aliphatic heterocycles. The molecule has 1 aliphatic rings. The summed E-state index contributed by atoms with van der Waals surface area (Å²) in [5, 5.41) is 0.601. The summed E-state index contributed by atoms with van der Waals surface area (Å²) in [6.07, 6.45) is 2.37. The van der Waals surface area contributed by atoms with E-state index >= 15 is 0 Å². The van der Waals surface area contributed by atoms with Crippen molar-refractivity contribution >= 4 is 27.5 Å². The molecule has 0 bridgehead atoms. The molecule has 1 unspecified atom stereocenters. The molecule has 0 radical (unpaired) electrons. The first kappa shape index (κ1) is 12.3. The molecule has 2 rings (SSSR count). The van der Waals surface area contributed by atoms with Gasteiger partial charge in [-0.15, -0.1) is 0 Å². The van der Waals surface area contributed by atoms with Crippen molar-refractivity contribution in [3.63, 3.8) is 0 Å². The zero-order valence-electron chi connectivity index (χ0n) is 8.93. The van der Waals surface area contributed by atoms with E-state index in [9.17, 15) is 4.39 Å². The van der Waals surface area contributed by atoms with Crippen molar-refractivity contribution in [3.8, 4) is 0 Å². The van der Waals surface area contributed by atoms with Crippen LogP contribution in [0.3, 0.4) is 0 Å². The predicted octanol–water partition coefficient (Wildman–Crippen LogP) is 3.84. The lowest BCUT2D eigenvalue weighted by molar-refractivity contribution is 0.225. The molecule has 1 atom stereocenters. The summed E-state index contributed by atoms with van der Waals surface area (Å²) in [6, 6.07) is 4.74. The van der Waals surface area contributed by atoms with E-state index in [-0.39, 0.29) is 5.82 Å². The van der Waals surface area contributed by atoms with Gasteiger partial charge in [0.25, 0.3) is 0 Å². The Balaban J connectivity index is 2.05. The normalized spacial score (nSPS) is 22.3. The summed E-state index contributed by atoms with van der Waals surface area (Å²) in [5.74, 6) is -0.166. The van der Waals surface area contributed by atoms with Crippen LogP contribution in [0.15, 0.2) is 18.2 Å². The average Bonchev–Trinajstić information content (AvgIpc) is 2.24. The van der Waals surface area contributed by atoms with E-state index in [2.05, 4.69) is 20.8 Å². The van der Waals surface area contributed by atoms with Gasteiger partial charge in [0, 0.05) is 28.5 Å². The van der Waals surface area contributed by atoms with Crippen LogP contribution in [0.1, 0.15) is 18.4 Å². The summed E-state index contributed by atoms with van der Waals surface area (Å²) >= 11 is 9.48. The lowest BCUT2D eigenvalue weighted by atomic mass is 10.1. The van der Waals surface area contributed by atoms with Gasteiger partial charge in [0.1, 0.15) is 5.82 Å². The summed E-state index contributed by atoms with van der Waals surface area (Å²) in [4.78, 5) is 2.79. The van der Waals surface area contributed by atoms with Gasteiger partial charge in [-0.2, -0.15) is 0 Å². The molecular formula is C12H14BrClFN. The molecule has 0 saturated carbocycles. The van der Waals surface area contributed by atoms with Gasteiger partial charge in [0.2, 0.25) is 0 Å². The van der Waals surface area contributed by atoms with E-state index in [0.717, 1.165) is 19.5 Å². The van der Waals surface area contributed by atoms with Crippen LogP contribution in [0.2, 0.25) is 5.02 Å². The van der Waals surface area contributed by atoms with E-state index in [0.29, 0.717) is 22.0 Å². The quantitative estimate of drug-likeness (QED) is 0.751. The Kier molecular flexibility index (Phi) is 4.22. The second-order valence-corrected chi connectivity index (χ2v) is 5.94. The highest BCUT2D eigenvalue weighted by molar-refractivity contribution is 9.09. The largest absolute Gasteiger partial charge is 0.298 e. The first-order valence-electron chi connectivity index (χ1n) is 5.45. The molecule has 1 fully saturated rings. The second-order valence-electron chi connectivity index (χ2n) is 4.21. The minimum atomic E-state index is -0.166. The van der Waals surface area contributed by atoms with E-state index in [1.165, 1.54) is 12.5 Å². The zero-order chi connectivity index (χ0) is 11.5. The minimum Gasteiger partial charge on any atom is -0.298 e. The topological polar surface area (TPSA) is 3.24 Å². The number of rotatable bonds is 2. The Morgan fingerprint density at radius 2 is 2.31 bits per heavy atom. The van der Waals surface area contributed by atoms with Crippen molar-refractivity contribution in [3.05, 3.63) is 34.6 Å². The van der Waals surface area contributed by atoms with Gasteiger partial charge in [-0.3, -0.25) is 4.90 Å². The van der Waals surface area contributed by atoms with Crippen LogP contribution in [-0.2, 0) is 6.54 Å². The number of likely N-dealkylation sites (tertiary alicyclic amines) is 1. The van der Waals surface area contributed by atoms with Crippen LogP contribution in [0.25, 0.3) is 0 Å². The maximum Gasteiger partial charge on any atom is 0.127 e. The molecule has 1 saturated heterocycles. The van der Waals surface area contributed by atoms with Gasteiger partial charge < -0.3 is 0 Å². The zero-order valence-corrected chi connectivity index (χ0v) is 11.3. The highest BCUT2D eigenvalue weighted by Crippen LogP contribution is 2.21. The number of hydrogen-bond acceptors (Lipinski definition) is 1. The molecule has 0 aliphatic carbocycles. The molecule has 1 aromatic rings. The van der Waals surface area contributed by atoms with Crippen molar-refractivity contribution in [2.45, 2.75) is 24.2 Å². The third kappa shape index (κ3) is 3.19. The van der Waals surface area contributed by atoms with Gasteiger partial charge in [-0.05, 0) is 37.6 Å². The average molecular weight is 307 g/mol. The molecule has 0 amide bonds. The standard InChI is InChI=1S/C12H14BrClFN/c13-10-2-1-5-16(8-10)7-9-6-11(14)3-4-12(9)15/h3-4,6,10H,1-2,5,7-8H2. The fourth-order valence-electron chi connectivity index (χ4n) is 2.05. The van der Waals surface area contributed by atoms with Gasteiger partial charge in [0.05, 0.1) is 0 Å². The lowest BCUT2D eigenvalue weighted by Gasteiger charge is -2.30. The maximum absolute atomic E-state index is 13.5.